The van der Waals surface area contributed by atoms with Gasteiger partial charge in [-0.15, -0.1) is 0 Å². The molecule has 0 radical (unpaired) electrons. The Morgan fingerprint density at radius 1 is 1.40 bits per heavy atom. The lowest BCUT2D eigenvalue weighted by molar-refractivity contribution is -0.0244. The van der Waals surface area contributed by atoms with Crippen LogP contribution in [0.2, 0.25) is 0 Å². The van der Waals surface area contributed by atoms with E-state index in [9.17, 15) is 4.79 Å². The quantitative estimate of drug-likeness (QED) is 0.810. The third kappa shape index (κ3) is 3.57. The Hall–Kier alpha value is -2.36. The minimum absolute atomic E-state index is 0.143. The van der Waals surface area contributed by atoms with Crippen LogP contribution in [0, 0.1) is 11.3 Å². The number of nitriles is 1. The van der Waals surface area contributed by atoms with Crippen LogP contribution in [0.5, 0.6) is 6.01 Å². The molecule has 1 aliphatic rings. The van der Waals surface area contributed by atoms with Gasteiger partial charge in [0.05, 0.1) is 31.0 Å². The maximum absolute atomic E-state index is 11.7. The fourth-order valence-electron chi connectivity index (χ4n) is 1.57. The molecule has 1 aromatic heterocycles. The number of likely N-dealkylation sites (tertiary alicyclic amines) is 1. The first-order valence-electron chi connectivity index (χ1n) is 6.24. The molecule has 0 aromatic carbocycles. The molecule has 0 bridgehead atoms. The number of carbonyl (C=O) groups excluding carboxylic acids is 1. The summed E-state index contributed by atoms with van der Waals surface area (Å²) in [5.74, 6) is 0. The molecule has 0 saturated carbocycles. The van der Waals surface area contributed by atoms with Crippen LogP contribution >= 0.6 is 0 Å². The van der Waals surface area contributed by atoms with Gasteiger partial charge < -0.3 is 14.4 Å². The lowest BCUT2D eigenvalue weighted by Crippen LogP contribution is -2.57. The Bertz CT molecular complexity index is 524. The highest BCUT2D eigenvalue weighted by Gasteiger charge is 2.35. The zero-order valence-corrected chi connectivity index (χ0v) is 11.7. The second kappa shape index (κ2) is 5.33. The van der Waals surface area contributed by atoms with Gasteiger partial charge in [-0.25, -0.2) is 14.8 Å². The smallest absolute Gasteiger partial charge is 0.410 e. The molecule has 106 valence electrons. The highest BCUT2D eigenvalue weighted by atomic mass is 16.6. The van der Waals surface area contributed by atoms with Gasteiger partial charge in [-0.1, -0.05) is 0 Å². The summed E-state index contributed by atoms with van der Waals surface area (Å²) in [5, 5.41) is 8.63. The van der Waals surface area contributed by atoms with Gasteiger partial charge in [0, 0.05) is 0 Å². The number of ether oxygens (including phenoxy) is 2. The first kappa shape index (κ1) is 14.1. The molecule has 2 heterocycles. The summed E-state index contributed by atoms with van der Waals surface area (Å²) in [6.07, 6.45) is 2.30. The fraction of sp³-hybridized carbons (Fsp3) is 0.538. The summed E-state index contributed by atoms with van der Waals surface area (Å²) in [5.41, 5.74) is -0.124. The van der Waals surface area contributed by atoms with E-state index in [1.807, 2.05) is 26.8 Å². The van der Waals surface area contributed by atoms with Crippen molar-refractivity contribution >= 4 is 6.09 Å². The zero-order chi connectivity index (χ0) is 14.8. The van der Waals surface area contributed by atoms with Crippen LogP contribution in [0.4, 0.5) is 4.79 Å². The molecule has 0 spiro atoms. The summed E-state index contributed by atoms with van der Waals surface area (Å²) >= 11 is 0. The zero-order valence-electron chi connectivity index (χ0n) is 11.7. The standard InChI is InChI=1S/C13H16N4O3/c1-13(2,3)20-12(18)17-7-10(8-17)19-11-15-5-9(4-14)6-16-11/h5-6,10H,7-8H2,1-3H3. The van der Waals surface area contributed by atoms with Gasteiger partial charge in [0.2, 0.25) is 0 Å². The first-order chi connectivity index (χ1) is 9.37. The Kier molecular flexibility index (Phi) is 3.74. The molecule has 2 rings (SSSR count). The van der Waals surface area contributed by atoms with Crippen molar-refractivity contribution < 1.29 is 14.3 Å². The van der Waals surface area contributed by atoms with Crippen molar-refractivity contribution in [3.63, 3.8) is 0 Å². The van der Waals surface area contributed by atoms with Gasteiger partial charge in [-0.3, -0.25) is 0 Å². The van der Waals surface area contributed by atoms with Gasteiger partial charge >= 0.3 is 12.1 Å². The van der Waals surface area contributed by atoms with E-state index in [2.05, 4.69) is 9.97 Å². The normalized spacial score (nSPS) is 15.2. The van der Waals surface area contributed by atoms with Crippen LogP contribution in [0.3, 0.4) is 0 Å². The van der Waals surface area contributed by atoms with Crippen molar-refractivity contribution in [3.05, 3.63) is 18.0 Å². The average Bonchev–Trinajstić information content (AvgIpc) is 2.31. The van der Waals surface area contributed by atoms with Gasteiger partial charge in [-0.2, -0.15) is 5.26 Å². The molecular formula is C13H16N4O3. The van der Waals surface area contributed by atoms with Gasteiger partial charge in [0.15, 0.2) is 0 Å². The van der Waals surface area contributed by atoms with Gasteiger partial charge in [-0.05, 0) is 20.8 Å². The van der Waals surface area contributed by atoms with E-state index in [1.54, 1.807) is 4.90 Å². The van der Waals surface area contributed by atoms with E-state index in [4.69, 9.17) is 14.7 Å². The molecular weight excluding hydrogens is 260 g/mol. The monoisotopic (exact) mass is 276 g/mol. The summed E-state index contributed by atoms with van der Waals surface area (Å²) in [6.45, 7) is 6.35. The van der Waals surface area contributed by atoms with Crippen LogP contribution in [-0.4, -0.2) is 45.8 Å². The maximum Gasteiger partial charge on any atom is 0.410 e. The number of carbonyl (C=O) groups is 1. The number of rotatable bonds is 2. The lowest BCUT2D eigenvalue weighted by Gasteiger charge is -2.38. The molecule has 7 heteroatoms. The lowest BCUT2D eigenvalue weighted by atomic mass is 10.2. The van der Waals surface area contributed by atoms with Crippen LogP contribution in [-0.2, 0) is 4.74 Å². The van der Waals surface area contributed by atoms with Crippen molar-refractivity contribution in [2.45, 2.75) is 32.5 Å². The highest BCUT2D eigenvalue weighted by Crippen LogP contribution is 2.18. The molecule has 1 amide bonds. The second-order valence-electron chi connectivity index (χ2n) is 5.49. The Morgan fingerprint density at radius 2 is 2.00 bits per heavy atom. The van der Waals surface area contributed by atoms with E-state index in [1.165, 1.54) is 12.4 Å². The van der Waals surface area contributed by atoms with Crippen LogP contribution < -0.4 is 4.74 Å². The largest absolute Gasteiger partial charge is 0.456 e. The first-order valence-corrected chi connectivity index (χ1v) is 6.24. The number of hydrogen-bond donors (Lipinski definition) is 0. The van der Waals surface area contributed by atoms with Crippen LogP contribution in [0.1, 0.15) is 26.3 Å². The molecule has 0 unspecified atom stereocenters. The van der Waals surface area contributed by atoms with Crippen LogP contribution in [0.25, 0.3) is 0 Å². The molecule has 7 nitrogen and oxygen atoms in total. The minimum atomic E-state index is -0.501. The van der Waals surface area contributed by atoms with Crippen molar-refractivity contribution in [3.8, 4) is 12.1 Å². The van der Waals surface area contributed by atoms with Crippen LogP contribution in [0.15, 0.2) is 12.4 Å². The summed E-state index contributed by atoms with van der Waals surface area (Å²) in [6, 6.07) is 2.14. The summed E-state index contributed by atoms with van der Waals surface area (Å²) in [4.78, 5) is 21.1. The number of nitrogens with zero attached hydrogens (tertiary/aromatic N) is 4. The van der Waals surface area contributed by atoms with E-state index in [0.717, 1.165) is 0 Å². The predicted octanol–water partition coefficient (Wildman–Crippen LogP) is 1.35. The van der Waals surface area contributed by atoms with E-state index >= 15 is 0 Å². The summed E-state index contributed by atoms with van der Waals surface area (Å²) < 4.78 is 10.7. The molecule has 1 aromatic rings. The fourth-order valence-corrected chi connectivity index (χ4v) is 1.57. The van der Waals surface area contributed by atoms with Crippen molar-refractivity contribution in [2.24, 2.45) is 0 Å². The molecule has 0 N–H and O–H groups in total. The Morgan fingerprint density at radius 3 is 2.50 bits per heavy atom. The minimum Gasteiger partial charge on any atom is -0.456 e. The van der Waals surface area contributed by atoms with E-state index in [0.29, 0.717) is 18.7 Å². The molecule has 0 aliphatic carbocycles. The molecule has 1 fully saturated rings. The highest BCUT2D eigenvalue weighted by molar-refractivity contribution is 5.69. The van der Waals surface area contributed by atoms with Crippen molar-refractivity contribution in [1.82, 2.24) is 14.9 Å². The summed E-state index contributed by atoms with van der Waals surface area (Å²) in [7, 11) is 0. The van der Waals surface area contributed by atoms with E-state index in [-0.39, 0.29) is 18.2 Å². The maximum atomic E-state index is 11.7. The van der Waals surface area contributed by atoms with Crippen molar-refractivity contribution in [2.75, 3.05) is 13.1 Å². The SMILES string of the molecule is CC(C)(C)OC(=O)N1CC(Oc2ncc(C#N)cn2)C1. The number of amides is 1. The molecule has 20 heavy (non-hydrogen) atoms. The Labute approximate surface area is 117 Å². The van der Waals surface area contributed by atoms with Gasteiger partial charge in [0.1, 0.15) is 17.8 Å². The predicted molar refractivity (Wildman–Crippen MR) is 69.0 cm³/mol. The second-order valence-corrected chi connectivity index (χ2v) is 5.49. The topological polar surface area (TPSA) is 88.3 Å². The third-order valence-electron chi connectivity index (χ3n) is 2.53. The Balaban J connectivity index is 1.79. The number of hydrogen-bond acceptors (Lipinski definition) is 6. The number of aromatic nitrogens is 2. The van der Waals surface area contributed by atoms with Gasteiger partial charge in [0.25, 0.3) is 0 Å². The van der Waals surface area contributed by atoms with E-state index < -0.39 is 5.60 Å². The van der Waals surface area contributed by atoms with Crippen molar-refractivity contribution in [1.29, 1.82) is 5.26 Å². The molecule has 1 saturated heterocycles. The molecule has 1 aliphatic heterocycles. The molecule has 0 atom stereocenters. The average molecular weight is 276 g/mol. The third-order valence-corrected chi connectivity index (χ3v) is 2.53.